The van der Waals surface area contributed by atoms with E-state index in [0.29, 0.717) is 36.0 Å². The Kier molecular flexibility index (Phi) is 6.10. The molecule has 9 heteroatoms. The third-order valence-electron chi connectivity index (χ3n) is 4.52. The molecular weight excluding hydrogens is 378 g/mol. The van der Waals surface area contributed by atoms with E-state index in [1.54, 1.807) is 31.3 Å². The van der Waals surface area contributed by atoms with Crippen LogP contribution in [0.5, 0.6) is 0 Å². The minimum absolute atomic E-state index is 0. The van der Waals surface area contributed by atoms with Crippen molar-refractivity contribution >= 4 is 33.8 Å². The van der Waals surface area contributed by atoms with Gasteiger partial charge in [-0.2, -0.15) is 0 Å². The molecule has 0 spiro atoms. The molecule has 0 atom stereocenters. The van der Waals surface area contributed by atoms with Crippen molar-refractivity contribution in [3.05, 3.63) is 36.2 Å². The van der Waals surface area contributed by atoms with Gasteiger partial charge in [-0.1, -0.05) is 6.07 Å². The third kappa shape index (κ3) is 3.92. The predicted octanol–water partition coefficient (Wildman–Crippen LogP) is 2.18. The number of carbonyl (C=O) groups is 1. The van der Waals surface area contributed by atoms with Crippen LogP contribution in [0.3, 0.4) is 0 Å². The van der Waals surface area contributed by atoms with Gasteiger partial charge in [-0.3, -0.25) is 4.79 Å². The molecule has 7 nitrogen and oxygen atoms in total. The molecule has 0 radical (unpaired) electrons. The summed E-state index contributed by atoms with van der Waals surface area (Å²) in [6, 6.07) is 7.02. The number of rotatable bonds is 4. The van der Waals surface area contributed by atoms with Gasteiger partial charge in [0.15, 0.2) is 14.6 Å². The SMILES string of the molecule is Cc1cnc(-c2cccc(NC(=O)C3(S(C)(=O)=O)CCNCC3)c2)o1.Cl. The fourth-order valence-electron chi connectivity index (χ4n) is 3.06. The first kappa shape index (κ1) is 20.4. The Hall–Kier alpha value is -1.90. The first-order valence-electron chi connectivity index (χ1n) is 8.06. The quantitative estimate of drug-likeness (QED) is 0.817. The molecule has 2 aromatic rings. The summed E-state index contributed by atoms with van der Waals surface area (Å²) in [6.07, 6.45) is 3.27. The lowest BCUT2D eigenvalue weighted by molar-refractivity contribution is -0.119. The summed E-state index contributed by atoms with van der Waals surface area (Å²) < 4.78 is 28.7. The number of anilines is 1. The largest absolute Gasteiger partial charge is 0.441 e. The molecule has 1 amide bonds. The standard InChI is InChI=1S/C17H21N3O4S.ClH/c1-12-11-19-15(24-12)13-4-3-5-14(10-13)20-16(21)17(25(2,22)23)6-8-18-9-7-17;/h3-5,10-11,18H,6-9H2,1-2H3,(H,20,21);1H. The minimum atomic E-state index is -3.55. The number of carbonyl (C=O) groups excluding carboxylic acids is 1. The number of piperidine rings is 1. The monoisotopic (exact) mass is 399 g/mol. The highest BCUT2D eigenvalue weighted by atomic mass is 35.5. The fraction of sp³-hybridized carbons (Fsp3) is 0.412. The van der Waals surface area contributed by atoms with Gasteiger partial charge in [-0.05, 0) is 51.1 Å². The van der Waals surface area contributed by atoms with Gasteiger partial charge in [0, 0.05) is 17.5 Å². The van der Waals surface area contributed by atoms with Gasteiger partial charge in [0.05, 0.1) is 6.20 Å². The second-order valence-corrected chi connectivity index (χ2v) is 8.65. The van der Waals surface area contributed by atoms with Crippen LogP contribution in [0.4, 0.5) is 5.69 Å². The maximum Gasteiger partial charge on any atom is 0.245 e. The van der Waals surface area contributed by atoms with Gasteiger partial charge in [-0.25, -0.2) is 13.4 Å². The van der Waals surface area contributed by atoms with E-state index < -0.39 is 20.5 Å². The molecule has 0 aliphatic carbocycles. The zero-order valence-electron chi connectivity index (χ0n) is 14.6. The highest BCUT2D eigenvalue weighted by Gasteiger charge is 2.48. The summed E-state index contributed by atoms with van der Waals surface area (Å²) in [4.78, 5) is 17.0. The molecule has 0 saturated carbocycles. The third-order valence-corrected chi connectivity index (χ3v) is 6.54. The van der Waals surface area contributed by atoms with E-state index >= 15 is 0 Å². The van der Waals surface area contributed by atoms with Crippen LogP contribution < -0.4 is 10.6 Å². The van der Waals surface area contributed by atoms with E-state index in [-0.39, 0.29) is 25.2 Å². The molecule has 0 unspecified atom stereocenters. The van der Waals surface area contributed by atoms with E-state index in [0.717, 1.165) is 6.26 Å². The van der Waals surface area contributed by atoms with Crippen molar-refractivity contribution in [2.75, 3.05) is 24.7 Å². The van der Waals surface area contributed by atoms with Crippen LogP contribution in [-0.4, -0.2) is 43.4 Å². The summed E-state index contributed by atoms with van der Waals surface area (Å²) in [5, 5.41) is 5.86. The zero-order chi connectivity index (χ0) is 18.1. The van der Waals surface area contributed by atoms with Gasteiger partial charge < -0.3 is 15.1 Å². The Morgan fingerprint density at radius 1 is 1.31 bits per heavy atom. The number of aromatic nitrogens is 1. The van der Waals surface area contributed by atoms with E-state index in [1.807, 2.05) is 6.07 Å². The smallest absolute Gasteiger partial charge is 0.245 e. The number of aryl methyl sites for hydroxylation is 1. The molecular formula is C17H22ClN3O4S. The highest BCUT2D eigenvalue weighted by Crippen LogP contribution is 2.30. The summed E-state index contributed by atoms with van der Waals surface area (Å²) in [6.45, 7) is 2.79. The number of oxazole rings is 1. The predicted molar refractivity (Wildman–Crippen MR) is 102 cm³/mol. The average Bonchev–Trinajstić information content (AvgIpc) is 3.01. The molecule has 142 valence electrons. The molecule has 2 N–H and O–H groups in total. The second-order valence-electron chi connectivity index (χ2n) is 6.33. The van der Waals surface area contributed by atoms with Crippen LogP contribution in [-0.2, 0) is 14.6 Å². The number of benzene rings is 1. The van der Waals surface area contributed by atoms with Gasteiger partial charge >= 0.3 is 0 Å². The Bertz CT molecular complexity index is 889. The van der Waals surface area contributed by atoms with Crippen molar-refractivity contribution in [2.45, 2.75) is 24.5 Å². The Labute approximate surface area is 158 Å². The second kappa shape index (κ2) is 7.77. The Balaban J connectivity index is 0.00000243. The molecule has 1 saturated heterocycles. The minimum Gasteiger partial charge on any atom is -0.441 e. The van der Waals surface area contributed by atoms with Gasteiger partial charge in [0.25, 0.3) is 0 Å². The summed E-state index contributed by atoms with van der Waals surface area (Å²) in [5.74, 6) is 0.653. The molecule has 26 heavy (non-hydrogen) atoms. The molecule has 0 bridgehead atoms. The van der Waals surface area contributed by atoms with Crippen molar-refractivity contribution in [2.24, 2.45) is 0 Å². The van der Waals surface area contributed by atoms with E-state index in [4.69, 9.17) is 4.42 Å². The summed E-state index contributed by atoms with van der Waals surface area (Å²) >= 11 is 0. The Morgan fingerprint density at radius 2 is 2.00 bits per heavy atom. The molecule has 1 aliphatic heterocycles. The lowest BCUT2D eigenvalue weighted by atomic mass is 9.95. The topological polar surface area (TPSA) is 101 Å². The maximum atomic E-state index is 12.8. The van der Waals surface area contributed by atoms with Crippen molar-refractivity contribution in [1.82, 2.24) is 10.3 Å². The van der Waals surface area contributed by atoms with Gasteiger partial charge in [0.2, 0.25) is 11.8 Å². The number of hydrogen-bond acceptors (Lipinski definition) is 6. The number of nitrogens with zero attached hydrogens (tertiary/aromatic N) is 1. The average molecular weight is 400 g/mol. The Morgan fingerprint density at radius 3 is 2.58 bits per heavy atom. The number of halogens is 1. The number of amides is 1. The van der Waals surface area contributed by atoms with Crippen molar-refractivity contribution in [3.8, 4) is 11.5 Å². The fourth-order valence-corrected chi connectivity index (χ4v) is 4.39. The molecule has 3 rings (SSSR count). The van der Waals surface area contributed by atoms with Gasteiger partial charge in [0.1, 0.15) is 5.76 Å². The first-order chi connectivity index (χ1) is 11.8. The van der Waals surface area contributed by atoms with E-state index in [2.05, 4.69) is 15.6 Å². The summed E-state index contributed by atoms with van der Waals surface area (Å²) in [5.41, 5.74) is 1.23. The van der Waals surface area contributed by atoms with Crippen LogP contribution in [0.1, 0.15) is 18.6 Å². The van der Waals surface area contributed by atoms with Crippen LogP contribution in [0, 0.1) is 6.92 Å². The zero-order valence-corrected chi connectivity index (χ0v) is 16.2. The molecule has 1 aromatic carbocycles. The molecule has 1 aromatic heterocycles. The lowest BCUT2D eigenvalue weighted by Crippen LogP contribution is -2.55. The number of hydrogen-bond donors (Lipinski definition) is 2. The molecule has 1 fully saturated rings. The van der Waals surface area contributed by atoms with Crippen LogP contribution in [0.25, 0.3) is 11.5 Å². The van der Waals surface area contributed by atoms with Crippen molar-refractivity contribution in [3.63, 3.8) is 0 Å². The van der Waals surface area contributed by atoms with E-state index in [9.17, 15) is 13.2 Å². The van der Waals surface area contributed by atoms with Crippen molar-refractivity contribution < 1.29 is 17.6 Å². The first-order valence-corrected chi connectivity index (χ1v) is 9.96. The molecule has 1 aliphatic rings. The molecule has 2 heterocycles. The van der Waals surface area contributed by atoms with Crippen LogP contribution >= 0.6 is 12.4 Å². The number of sulfone groups is 1. The number of nitrogens with one attached hydrogen (secondary N) is 2. The van der Waals surface area contributed by atoms with E-state index in [1.165, 1.54) is 0 Å². The van der Waals surface area contributed by atoms with Gasteiger partial charge in [-0.15, -0.1) is 12.4 Å². The maximum absolute atomic E-state index is 12.8. The van der Waals surface area contributed by atoms with Crippen molar-refractivity contribution in [1.29, 1.82) is 0 Å². The highest BCUT2D eigenvalue weighted by molar-refractivity contribution is 7.92. The van der Waals surface area contributed by atoms with Crippen LogP contribution in [0.15, 0.2) is 34.9 Å². The normalized spacial score (nSPS) is 16.5. The van der Waals surface area contributed by atoms with Crippen LogP contribution in [0.2, 0.25) is 0 Å². The lowest BCUT2D eigenvalue weighted by Gasteiger charge is -2.34. The summed E-state index contributed by atoms with van der Waals surface area (Å²) in [7, 11) is -3.55.